The topological polar surface area (TPSA) is 58.9 Å². The molecule has 1 fully saturated rings. The van der Waals surface area contributed by atoms with Gasteiger partial charge in [-0.05, 0) is 12.8 Å². The van der Waals surface area contributed by atoms with E-state index in [1.807, 2.05) is 0 Å². The molecule has 0 heterocycles. The van der Waals surface area contributed by atoms with Crippen LogP contribution in [-0.2, 0) is 9.78 Å². The lowest BCUT2D eigenvalue weighted by Crippen LogP contribution is -2.34. The quantitative estimate of drug-likeness (QED) is 0.422. The molecule has 0 aromatic heterocycles. The van der Waals surface area contributed by atoms with Crippen LogP contribution in [0.25, 0.3) is 0 Å². The average molecular weight is 218 g/mol. The normalized spacial score (nSPS) is 24.4. The minimum atomic E-state index is -1.18. The zero-order valence-electron chi connectivity index (χ0n) is 9.28. The molecule has 4 nitrogen and oxygen atoms in total. The first kappa shape index (κ1) is 12.9. The van der Waals surface area contributed by atoms with Crippen molar-refractivity contribution in [1.82, 2.24) is 0 Å². The highest BCUT2D eigenvalue weighted by atomic mass is 17.2. The number of rotatable bonds is 2. The minimum absolute atomic E-state index is 0.556. The molecule has 0 aliphatic heterocycles. The van der Waals surface area contributed by atoms with Gasteiger partial charge < -0.3 is 0 Å². The summed E-state index contributed by atoms with van der Waals surface area (Å²) in [5, 5.41) is 17.6. The lowest BCUT2D eigenvalue weighted by molar-refractivity contribution is -0.490. The van der Waals surface area contributed by atoms with Gasteiger partial charge in [-0.25, -0.2) is 20.3 Å². The van der Waals surface area contributed by atoms with Crippen molar-refractivity contribution >= 4 is 0 Å². The molecule has 0 bridgehead atoms. The number of hydrogen-bond donors (Lipinski definition) is 2. The van der Waals surface area contributed by atoms with E-state index in [0.717, 1.165) is 25.7 Å². The van der Waals surface area contributed by atoms with Crippen LogP contribution in [0.2, 0.25) is 0 Å². The Kier molecular flexibility index (Phi) is 6.17. The van der Waals surface area contributed by atoms with E-state index in [2.05, 4.69) is 9.78 Å². The van der Waals surface area contributed by atoms with Gasteiger partial charge in [-0.15, -0.1) is 0 Å². The molecule has 0 amide bonds. The molecule has 0 radical (unpaired) electrons. The Morgan fingerprint density at radius 1 is 0.600 bits per heavy atom. The summed E-state index contributed by atoms with van der Waals surface area (Å²) < 4.78 is 0. The van der Waals surface area contributed by atoms with Crippen LogP contribution in [0, 0.1) is 0 Å². The fraction of sp³-hybridized carbons (Fsp3) is 1.00. The van der Waals surface area contributed by atoms with Gasteiger partial charge in [-0.3, -0.25) is 0 Å². The highest BCUT2D eigenvalue weighted by Crippen LogP contribution is 2.28. The third kappa shape index (κ3) is 4.47. The first-order chi connectivity index (χ1) is 7.33. The van der Waals surface area contributed by atoms with Crippen LogP contribution in [0.3, 0.4) is 0 Å². The third-order valence-electron chi connectivity index (χ3n) is 3.20. The predicted molar refractivity (Wildman–Crippen MR) is 56.3 cm³/mol. The highest BCUT2D eigenvalue weighted by Gasteiger charge is 2.32. The second kappa shape index (κ2) is 7.17. The molecule has 0 aromatic rings. The Hall–Kier alpha value is -0.160. The molecule has 4 heteroatoms. The summed E-state index contributed by atoms with van der Waals surface area (Å²) in [7, 11) is 0. The number of hydrogen-bond acceptors (Lipinski definition) is 4. The maximum atomic E-state index is 8.81. The van der Waals surface area contributed by atoms with Crippen molar-refractivity contribution in [2.45, 2.75) is 70.0 Å². The van der Waals surface area contributed by atoms with Crippen LogP contribution in [-0.4, -0.2) is 16.3 Å². The van der Waals surface area contributed by atoms with E-state index in [1.165, 1.54) is 25.7 Å². The highest BCUT2D eigenvalue weighted by molar-refractivity contribution is 4.68. The molecule has 1 aliphatic carbocycles. The summed E-state index contributed by atoms with van der Waals surface area (Å²) in [6.07, 6.45) is 10.2. The van der Waals surface area contributed by atoms with Gasteiger partial charge in [0.15, 0.2) is 0 Å². The third-order valence-corrected chi connectivity index (χ3v) is 3.20. The summed E-state index contributed by atoms with van der Waals surface area (Å²) in [6, 6.07) is 0. The van der Waals surface area contributed by atoms with Gasteiger partial charge in [0, 0.05) is 12.8 Å². The molecule has 1 rings (SSSR count). The van der Waals surface area contributed by atoms with E-state index in [-0.39, 0.29) is 0 Å². The van der Waals surface area contributed by atoms with Gasteiger partial charge in [0.05, 0.1) is 0 Å². The molecular weight excluding hydrogens is 196 g/mol. The van der Waals surface area contributed by atoms with Crippen LogP contribution in [0.1, 0.15) is 64.2 Å². The van der Waals surface area contributed by atoms with Crippen molar-refractivity contribution < 1.29 is 20.3 Å². The minimum Gasteiger partial charge on any atom is -0.249 e. The summed E-state index contributed by atoms with van der Waals surface area (Å²) in [5.74, 6) is -1.18. The Morgan fingerprint density at radius 3 is 1.27 bits per heavy atom. The molecule has 0 aromatic carbocycles. The summed E-state index contributed by atoms with van der Waals surface area (Å²) in [4.78, 5) is 8.66. The lowest BCUT2D eigenvalue weighted by Gasteiger charge is -2.26. The van der Waals surface area contributed by atoms with E-state index < -0.39 is 5.79 Å². The fourth-order valence-corrected chi connectivity index (χ4v) is 2.17. The molecule has 2 N–H and O–H groups in total. The van der Waals surface area contributed by atoms with Crippen LogP contribution in [0.15, 0.2) is 0 Å². The molecule has 90 valence electrons. The Morgan fingerprint density at radius 2 is 0.933 bits per heavy atom. The van der Waals surface area contributed by atoms with E-state index >= 15 is 0 Å². The van der Waals surface area contributed by atoms with Crippen LogP contribution in [0.5, 0.6) is 0 Å². The standard InChI is InChI=1S/C11H22O4/c12-14-11(15-13)9-7-5-3-1-2-4-6-8-10-11/h12-13H,1-10H2. The molecule has 1 saturated carbocycles. The summed E-state index contributed by atoms with van der Waals surface area (Å²) in [6.45, 7) is 0. The Labute approximate surface area is 91.1 Å². The SMILES string of the molecule is OOC1(OO)CCCCCCCCCC1. The molecule has 0 spiro atoms. The Bertz CT molecular complexity index is 143. The average Bonchev–Trinajstić information content (AvgIpc) is 2.33. The van der Waals surface area contributed by atoms with Gasteiger partial charge >= 0.3 is 0 Å². The van der Waals surface area contributed by atoms with Crippen LogP contribution >= 0.6 is 0 Å². The second-order valence-corrected chi connectivity index (χ2v) is 4.42. The maximum absolute atomic E-state index is 8.81. The van der Waals surface area contributed by atoms with Gasteiger partial charge in [0.25, 0.3) is 0 Å². The van der Waals surface area contributed by atoms with Crippen molar-refractivity contribution in [3.05, 3.63) is 0 Å². The second-order valence-electron chi connectivity index (χ2n) is 4.42. The summed E-state index contributed by atoms with van der Waals surface area (Å²) in [5.41, 5.74) is 0. The van der Waals surface area contributed by atoms with Crippen molar-refractivity contribution in [3.63, 3.8) is 0 Å². The largest absolute Gasteiger partial charge is 0.249 e. The molecule has 0 atom stereocenters. The van der Waals surface area contributed by atoms with Crippen molar-refractivity contribution in [2.24, 2.45) is 0 Å². The van der Waals surface area contributed by atoms with Gasteiger partial charge in [-0.2, -0.15) is 0 Å². The van der Waals surface area contributed by atoms with Crippen LogP contribution < -0.4 is 0 Å². The van der Waals surface area contributed by atoms with Gasteiger partial charge in [-0.1, -0.05) is 38.5 Å². The molecule has 0 unspecified atom stereocenters. The fourth-order valence-electron chi connectivity index (χ4n) is 2.17. The molecule has 15 heavy (non-hydrogen) atoms. The molecule has 1 aliphatic rings. The van der Waals surface area contributed by atoms with Crippen molar-refractivity contribution in [1.29, 1.82) is 0 Å². The van der Waals surface area contributed by atoms with E-state index in [4.69, 9.17) is 10.5 Å². The monoisotopic (exact) mass is 218 g/mol. The lowest BCUT2D eigenvalue weighted by atomic mass is 10.0. The zero-order valence-corrected chi connectivity index (χ0v) is 9.28. The van der Waals surface area contributed by atoms with Crippen LogP contribution in [0.4, 0.5) is 0 Å². The molecule has 0 saturated heterocycles. The zero-order chi connectivity index (χ0) is 11.0. The van der Waals surface area contributed by atoms with E-state index in [0.29, 0.717) is 12.8 Å². The van der Waals surface area contributed by atoms with Crippen molar-refractivity contribution in [2.75, 3.05) is 0 Å². The maximum Gasteiger partial charge on any atom is 0.233 e. The Balaban J connectivity index is 2.44. The predicted octanol–water partition coefficient (Wildman–Crippen LogP) is 3.58. The van der Waals surface area contributed by atoms with E-state index in [9.17, 15) is 0 Å². The van der Waals surface area contributed by atoms with Gasteiger partial charge in [0.1, 0.15) is 0 Å². The first-order valence-electron chi connectivity index (χ1n) is 5.98. The van der Waals surface area contributed by atoms with Gasteiger partial charge in [0.2, 0.25) is 5.79 Å². The van der Waals surface area contributed by atoms with Crippen molar-refractivity contribution in [3.8, 4) is 0 Å². The summed E-state index contributed by atoms with van der Waals surface area (Å²) >= 11 is 0. The smallest absolute Gasteiger partial charge is 0.233 e. The van der Waals surface area contributed by atoms with E-state index in [1.54, 1.807) is 0 Å². The first-order valence-corrected chi connectivity index (χ1v) is 5.98. The molecular formula is C11H22O4.